The zero-order valence-electron chi connectivity index (χ0n) is 12.3. The highest BCUT2D eigenvalue weighted by Crippen LogP contribution is 2.22. The van der Waals surface area contributed by atoms with E-state index < -0.39 is 33.5 Å². The smallest absolute Gasteiger partial charge is 0.335 e. The summed E-state index contributed by atoms with van der Waals surface area (Å²) in [6.07, 6.45) is 0. The molecule has 0 radical (unpaired) electrons. The molecular weight excluding hydrogens is 341 g/mol. The van der Waals surface area contributed by atoms with E-state index in [1.165, 1.54) is 19.1 Å². The highest BCUT2D eigenvalue weighted by atomic mass is 32.2. The lowest BCUT2D eigenvalue weighted by molar-refractivity contribution is 0.0685. The van der Waals surface area contributed by atoms with E-state index in [1.807, 2.05) is 4.72 Å². The molecule has 0 amide bonds. The monoisotopic (exact) mass is 353 g/mol. The van der Waals surface area contributed by atoms with Crippen molar-refractivity contribution in [3.05, 3.63) is 58.9 Å². The van der Waals surface area contributed by atoms with Crippen LogP contribution in [0.2, 0.25) is 0 Å². The highest BCUT2D eigenvalue weighted by Gasteiger charge is 2.20. The van der Waals surface area contributed by atoms with Crippen molar-refractivity contribution in [2.24, 2.45) is 0 Å². The Morgan fingerprint density at radius 3 is 2.29 bits per heavy atom. The molecule has 0 aliphatic rings. The number of carboxylic acids is 2. The molecule has 0 aliphatic heterocycles. The summed E-state index contributed by atoms with van der Waals surface area (Å²) in [5, 5.41) is 17.9. The maximum Gasteiger partial charge on any atom is 0.335 e. The molecule has 9 heteroatoms. The van der Waals surface area contributed by atoms with Crippen LogP contribution in [-0.4, -0.2) is 30.6 Å². The number of anilines is 1. The molecule has 0 heterocycles. The fourth-order valence-corrected chi connectivity index (χ4v) is 3.02. The van der Waals surface area contributed by atoms with Crippen molar-refractivity contribution < 1.29 is 32.6 Å². The maximum atomic E-state index is 13.7. The molecule has 0 saturated carbocycles. The molecule has 2 aromatic rings. The standard InChI is InChI=1S/C15H12FNO6S/c1-8-2-4-10(7-11(8)15(20)21)24(22,23)17-13-6-9(14(18)19)3-5-12(13)16/h2-7,17H,1H3,(H,18,19)(H,20,21). The van der Waals surface area contributed by atoms with Crippen molar-refractivity contribution in [2.75, 3.05) is 4.72 Å². The first-order chi connectivity index (χ1) is 11.1. The van der Waals surface area contributed by atoms with Crippen LogP contribution < -0.4 is 4.72 Å². The summed E-state index contributed by atoms with van der Waals surface area (Å²) >= 11 is 0. The molecule has 0 bridgehead atoms. The van der Waals surface area contributed by atoms with E-state index in [2.05, 4.69) is 0 Å². The van der Waals surface area contributed by atoms with Gasteiger partial charge in [-0.3, -0.25) is 4.72 Å². The summed E-state index contributed by atoms with van der Waals surface area (Å²) in [7, 11) is -4.30. The van der Waals surface area contributed by atoms with Crippen LogP contribution >= 0.6 is 0 Å². The first-order valence-corrected chi connectivity index (χ1v) is 8.00. The number of hydrogen-bond acceptors (Lipinski definition) is 4. The lowest BCUT2D eigenvalue weighted by Gasteiger charge is -2.11. The second-order valence-corrected chi connectivity index (χ2v) is 6.57. The second-order valence-electron chi connectivity index (χ2n) is 4.89. The van der Waals surface area contributed by atoms with Gasteiger partial charge in [-0.25, -0.2) is 22.4 Å². The Balaban J connectivity index is 2.46. The van der Waals surface area contributed by atoms with Crippen molar-refractivity contribution in [1.29, 1.82) is 0 Å². The van der Waals surface area contributed by atoms with Gasteiger partial charge in [0, 0.05) is 0 Å². The van der Waals surface area contributed by atoms with Crippen LogP contribution in [0.25, 0.3) is 0 Å². The predicted molar refractivity (Wildman–Crippen MR) is 82.3 cm³/mol. The van der Waals surface area contributed by atoms with Crippen molar-refractivity contribution in [3.63, 3.8) is 0 Å². The molecule has 0 aliphatic carbocycles. The number of nitrogens with one attached hydrogen (secondary N) is 1. The van der Waals surface area contributed by atoms with Gasteiger partial charge in [0.1, 0.15) is 5.82 Å². The van der Waals surface area contributed by atoms with E-state index in [0.29, 0.717) is 5.56 Å². The molecular formula is C15H12FNO6S. The van der Waals surface area contributed by atoms with Crippen molar-refractivity contribution in [1.82, 2.24) is 0 Å². The minimum atomic E-state index is -4.30. The Hall–Kier alpha value is -2.94. The fraction of sp³-hybridized carbons (Fsp3) is 0.0667. The number of halogens is 1. The Kier molecular flexibility index (Phi) is 4.56. The highest BCUT2D eigenvalue weighted by molar-refractivity contribution is 7.92. The minimum absolute atomic E-state index is 0.211. The van der Waals surface area contributed by atoms with Gasteiger partial charge in [-0.2, -0.15) is 0 Å². The fourth-order valence-electron chi connectivity index (χ4n) is 1.94. The Morgan fingerprint density at radius 1 is 1.04 bits per heavy atom. The van der Waals surface area contributed by atoms with Gasteiger partial charge >= 0.3 is 11.9 Å². The molecule has 0 aromatic heterocycles. The molecule has 24 heavy (non-hydrogen) atoms. The summed E-state index contributed by atoms with van der Waals surface area (Å²) in [5.41, 5.74) is -0.699. The first kappa shape index (κ1) is 17.4. The Morgan fingerprint density at radius 2 is 1.71 bits per heavy atom. The largest absolute Gasteiger partial charge is 0.478 e. The second kappa shape index (κ2) is 6.28. The van der Waals surface area contributed by atoms with Crippen molar-refractivity contribution in [2.45, 2.75) is 11.8 Å². The van der Waals surface area contributed by atoms with E-state index in [1.54, 1.807) is 0 Å². The molecule has 2 rings (SSSR count). The number of benzene rings is 2. The quantitative estimate of drug-likeness (QED) is 0.759. The Bertz CT molecular complexity index is 939. The molecule has 0 spiro atoms. The van der Waals surface area contributed by atoms with Crippen LogP contribution in [0.5, 0.6) is 0 Å². The predicted octanol–water partition coefficient (Wildman–Crippen LogP) is 2.33. The Labute approximate surface area is 136 Å². The van der Waals surface area contributed by atoms with Crippen LogP contribution in [0.3, 0.4) is 0 Å². The van der Waals surface area contributed by atoms with Crippen molar-refractivity contribution in [3.8, 4) is 0 Å². The third kappa shape index (κ3) is 3.51. The molecule has 0 saturated heterocycles. The van der Waals surface area contributed by atoms with Gasteiger partial charge in [0.05, 0.1) is 21.7 Å². The number of hydrogen-bond donors (Lipinski definition) is 3. The average molecular weight is 353 g/mol. The maximum absolute atomic E-state index is 13.7. The molecule has 126 valence electrons. The minimum Gasteiger partial charge on any atom is -0.478 e. The van der Waals surface area contributed by atoms with Crippen LogP contribution in [0.4, 0.5) is 10.1 Å². The van der Waals surface area contributed by atoms with Gasteiger partial charge < -0.3 is 10.2 Å². The summed E-state index contributed by atoms with van der Waals surface area (Å²) in [6.45, 7) is 1.50. The zero-order valence-corrected chi connectivity index (χ0v) is 13.1. The molecule has 3 N–H and O–H groups in total. The number of aromatic carboxylic acids is 2. The summed E-state index contributed by atoms with van der Waals surface area (Å²) in [4.78, 5) is 21.6. The van der Waals surface area contributed by atoms with Gasteiger partial charge in [0.25, 0.3) is 10.0 Å². The number of carbonyl (C=O) groups is 2. The lowest BCUT2D eigenvalue weighted by Crippen LogP contribution is -2.15. The zero-order chi connectivity index (χ0) is 18.1. The van der Waals surface area contributed by atoms with Crippen LogP contribution in [0.15, 0.2) is 41.3 Å². The molecule has 0 fully saturated rings. The third-order valence-corrected chi connectivity index (χ3v) is 4.57. The van der Waals surface area contributed by atoms with E-state index in [0.717, 1.165) is 24.3 Å². The van der Waals surface area contributed by atoms with Gasteiger partial charge in [0.2, 0.25) is 0 Å². The van der Waals surface area contributed by atoms with Gasteiger partial charge in [0.15, 0.2) is 0 Å². The first-order valence-electron chi connectivity index (χ1n) is 6.51. The third-order valence-electron chi connectivity index (χ3n) is 3.21. The van der Waals surface area contributed by atoms with E-state index in [-0.39, 0.29) is 16.0 Å². The molecule has 0 atom stereocenters. The molecule has 7 nitrogen and oxygen atoms in total. The van der Waals surface area contributed by atoms with Crippen LogP contribution in [-0.2, 0) is 10.0 Å². The number of carboxylic acid groups (broad SMARTS) is 2. The van der Waals surface area contributed by atoms with Gasteiger partial charge in [-0.05, 0) is 42.8 Å². The van der Waals surface area contributed by atoms with E-state index in [4.69, 9.17) is 10.2 Å². The SMILES string of the molecule is Cc1ccc(S(=O)(=O)Nc2cc(C(=O)O)ccc2F)cc1C(=O)O. The summed E-state index contributed by atoms with van der Waals surface area (Å²) in [6, 6.07) is 6.06. The van der Waals surface area contributed by atoms with E-state index in [9.17, 15) is 22.4 Å². The molecule has 2 aromatic carbocycles. The van der Waals surface area contributed by atoms with Crippen LogP contribution in [0.1, 0.15) is 26.3 Å². The van der Waals surface area contributed by atoms with Gasteiger partial charge in [-0.15, -0.1) is 0 Å². The normalized spacial score (nSPS) is 11.1. The molecule has 0 unspecified atom stereocenters. The summed E-state index contributed by atoms with van der Waals surface area (Å²) in [5.74, 6) is -3.61. The average Bonchev–Trinajstić information content (AvgIpc) is 2.49. The van der Waals surface area contributed by atoms with E-state index >= 15 is 0 Å². The summed E-state index contributed by atoms with van der Waals surface area (Å²) < 4.78 is 40.3. The van der Waals surface area contributed by atoms with Crippen LogP contribution in [0, 0.1) is 12.7 Å². The van der Waals surface area contributed by atoms with Gasteiger partial charge in [-0.1, -0.05) is 6.07 Å². The number of rotatable bonds is 5. The number of sulfonamides is 1. The number of aryl methyl sites for hydroxylation is 1. The van der Waals surface area contributed by atoms with Crippen molar-refractivity contribution >= 4 is 27.6 Å². The topological polar surface area (TPSA) is 121 Å². The lowest BCUT2D eigenvalue weighted by atomic mass is 10.1.